The molecule has 3 atom stereocenters. The van der Waals surface area contributed by atoms with E-state index in [4.69, 9.17) is 5.73 Å². The molecule has 0 bridgehead atoms. The van der Waals surface area contributed by atoms with Crippen LogP contribution in [0.4, 0.5) is 0 Å². The highest BCUT2D eigenvalue weighted by atomic mass is 32.2. The number of aliphatic hydroxyl groups is 1. The van der Waals surface area contributed by atoms with Crippen LogP contribution in [0.3, 0.4) is 0 Å². The van der Waals surface area contributed by atoms with E-state index in [1.807, 2.05) is 30.3 Å². The number of thioether (sulfide) groups is 1. The highest BCUT2D eigenvalue weighted by Gasteiger charge is 2.56. The average Bonchev–Trinajstić information content (AvgIpc) is 3.47. The fourth-order valence-electron chi connectivity index (χ4n) is 3.39. The van der Waals surface area contributed by atoms with E-state index < -0.39 is 28.7 Å². The SMILES string of the molecule is CN(C(=O)C1N(C(=O)[C@@H](O)[CH]Cc2ccccc2)CS[C@@]1(C)C(N)=O)C1CC1. The molecule has 7 nitrogen and oxygen atoms in total. The molecule has 0 aromatic heterocycles. The number of hydrogen-bond donors (Lipinski definition) is 2. The molecule has 0 spiro atoms. The highest BCUT2D eigenvalue weighted by Crippen LogP contribution is 2.41. The predicted octanol–water partition coefficient (Wildman–Crippen LogP) is 0.561. The monoisotopic (exact) mass is 404 g/mol. The van der Waals surface area contributed by atoms with Crippen LogP contribution in [0.1, 0.15) is 25.3 Å². The van der Waals surface area contributed by atoms with Gasteiger partial charge in [0, 0.05) is 19.5 Å². The van der Waals surface area contributed by atoms with E-state index in [0.29, 0.717) is 6.42 Å². The smallest absolute Gasteiger partial charge is 0.253 e. The summed E-state index contributed by atoms with van der Waals surface area (Å²) in [6.07, 6.45) is 2.39. The Morgan fingerprint density at radius 1 is 1.36 bits per heavy atom. The van der Waals surface area contributed by atoms with E-state index in [1.54, 1.807) is 18.9 Å². The molecule has 3 amide bonds. The molecule has 8 heteroatoms. The lowest BCUT2D eigenvalue weighted by Crippen LogP contribution is -2.60. The number of primary amides is 1. The van der Waals surface area contributed by atoms with Crippen LogP contribution in [0.2, 0.25) is 0 Å². The molecule has 1 aromatic rings. The zero-order valence-corrected chi connectivity index (χ0v) is 16.9. The van der Waals surface area contributed by atoms with Crippen molar-refractivity contribution >= 4 is 29.5 Å². The third-order valence-corrected chi connectivity index (χ3v) is 6.89. The van der Waals surface area contributed by atoms with E-state index in [2.05, 4.69) is 0 Å². The minimum absolute atomic E-state index is 0.128. The lowest BCUT2D eigenvalue weighted by Gasteiger charge is -2.34. The van der Waals surface area contributed by atoms with Gasteiger partial charge in [-0.05, 0) is 31.7 Å². The van der Waals surface area contributed by atoms with Gasteiger partial charge in [-0.25, -0.2) is 0 Å². The maximum Gasteiger partial charge on any atom is 0.253 e. The van der Waals surface area contributed by atoms with Crippen molar-refractivity contribution in [3.05, 3.63) is 42.3 Å². The normalized spacial score (nSPS) is 25.4. The van der Waals surface area contributed by atoms with E-state index >= 15 is 0 Å². The van der Waals surface area contributed by atoms with Gasteiger partial charge in [0.2, 0.25) is 11.8 Å². The molecule has 1 aliphatic heterocycles. The third kappa shape index (κ3) is 4.03. The summed E-state index contributed by atoms with van der Waals surface area (Å²) in [6.45, 7) is 1.59. The van der Waals surface area contributed by atoms with Crippen molar-refractivity contribution in [3.8, 4) is 0 Å². The van der Waals surface area contributed by atoms with E-state index in [1.165, 1.54) is 23.1 Å². The Morgan fingerprint density at radius 3 is 2.57 bits per heavy atom. The maximum absolute atomic E-state index is 13.1. The second-order valence-electron chi connectivity index (χ2n) is 7.51. The Morgan fingerprint density at radius 2 is 2.00 bits per heavy atom. The fraction of sp³-hybridized carbons (Fsp3) is 0.500. The maximum atomic E-state index is 13.1. The molecule has 1 heterocycles. The molecule has 1 unspecified atom stereocenters. The molecule has 1 aromatic carbocycles. The quantitative estimate of drug-likeness (QED) is 0.691. The summed E-state index contributed by atoms with van der Waals surface area (Å²) >= 11 is 1.17. The number of rotatable bonds is 7. The molecule has 28 heavy (non-hydrogen) atoms. The van der Waals surface area contributed by atoms with Gasteiger partial charge >= 0.3 is 0 Å². The van der Waals surface area contributed by atoms with Crippen LogP contribution in [0.5, 0.6) is 0 Å². The van der Waals surface area contributed by atoms with Gasteiger partial charge in [-0.2, -0.15) is 0 Å². The summed E-state index contributed by atoms with van der Waals surface area (Å²) in [7, 11) is 1.69. The number of amides is 3. The van der Waals surface area contributed by atoms with Crippen molar-refractivity contribution in [1.29, 1.82) is 0 Å². The molecular formula is C20H26N3O4S. The van der Waals surface area contributed by atoms with Gasteiger partial charge in [0.15, 0.2) is 0 Å². The zero-order chi connectivity index (χ0) is 20.5. The number of hydrogen-bond acceptors (Lipinski definition) is 5. The van der Waals surface area contributed by atoms with Crippen LogP contribution in [0.15, 0.2) is 30.3 Å². The van der Waals surface area contributed by atoms with Crippen molar-refractivity contribution in [3.63, 3.8) is 0 Å². The summed E-state index contributed by atoms with van der Waals surface area (Å²) in [5.74, 6) is -1.41. The van der Waals surface area contributed by atoms with Crippen molar-refractivity contribution in [2.45, 2.75) is 49.1 Å². The molecule has 3 rings (SSSR count). The average molecular weight is 405 g/mol. The fourth-order valence-corrected chi connectivity index (χ4v) is 4.60. The van der Waals surface area contributed by atoms with E-state index in [0.717, 1.165) is 18.4 Å². The van der Waals surface area contributed by atoms with Crippen LogP contribution >= 0.6 is 11.8 Å². The summed E-state index contributed by atoms with van der Waals surface area (Å²) in [6, 6.07) is 8.59. The molecule has 1 aliphatic carbocycles. The van der Waals surface area contributed by atoms with Gasteiger partial charge in [-0.1, -0.05) is 30.3 Å². The standard InChI is InChI=1S/C20H26N3O4S/c1-20(19(21)27)16(18(26)22(2)14-9-10-14)23(12-28-20)17(25)15(24)11-8-13-6-4-3-5-7-13/h3-7,11,14-16,24H,8-10,12H2,1-2H3,(H2,21,27)/t15-,16?,20+/m0/s1. The Balaban J connectivity index is 1.74. The van der Waals surface area contributed by atoms with E-state index in [9.17, 15) is 19.5 Å². The molecule has 1 radical (unpaired) electrons. The Bertz CT molecular complexity index is 755. The first-order valence-electron chi connectivity index (χ1n) is 9.32. The third-order valence-electron chi connectivity index (χ3n) is 5.46. The summed E-state index contributed by atoms with van der Waals surface area (Å²) < 4.78 is -1.23. The number of likely N-dealkylation sites (N-methyl/N-ethyl adjacent to an activating group) is 1. The second-order valence-corrected chi connectivity index (χ2v) is 8.90. The van der Waals surface area contributed by atoms with Crippen molar-refractivity contribution < 1.29 is 19.5 Å². The van der Waals surface area contributed by atoms with Crippen LogP contribution in [-0.2, 0) is 20.8 Å². The molecule has 2 fully saturated rings. The van der Waals surface area contributed by atoms with Crippen LogP contribution in [0, 0.1) is 6.42 Å². The van der Waals surface area contributed by atoms with Crippen LogP contribution < -0.4 is 5.73 Å². The highest BCUT2D eigenvalue weighted by molar-refractivity contribution is 8.01. The number of benzene rings is 1. The Labute approximate surface area is 169 Å². The Hall–Kier alpha value is -2.06. The van der Waals surface area contributed by atoms with Gasteiger partial charge in [0.1, 0.15) is 16.9 Å². The number of aliphatic hydroxyl groups excluding tert-OH is 1. The predicted molar refractivity (Wildman–Crippen MR) is 107 cm³/mol. The largest absolute Gasteiger partial charge is 0.383 e. The molecule has 151 valence electrons. The number of nitrogens with two attached hydrogens (primary N) is 1. The van der Waals surface area contributed by atoms with Gasteiger partial charge in [0.05, 0.1) is 5.88 Å². The van der Waals surface area contributed by atoms with Crippen LogP contribution in [0.25, 0.3) is 0 Å². The number of nitrogens with zero attached hydrogens (tertiary/aromatic N) is 2. The van der Waals surface area contributed by atoms with Gasteiger partial charge in [-0.3, -0.25) is 14.4 Å². The minimum atomic E-state index is -1.36. The van der Waals surface area contributed by atoms with Crippen molar-refractivity contribution in [1.82, 2.24) is 9.80 Å². The summed E-state index contributed by atoms with van der Waals surface area (Å²) in [5, 5.41) is 10.4. The van der Waals surface area contributed by atoms with Gasteiger partial charge < -0.3 is 20.6 Å². The van der Waals surface area contributed by atoms with Gasteiger partial charge in [-0.15, -0.1) is 11.8 Å². The van der Waals surface area contributed by atoms with Gasteiger partial charge in [0.25, 0.3) is 5.91 Å². The zero-order valence-electron chi connectivity index (χ0n) is 16.1. The first kappa shape index (κ1) is 20.7. The molecule has 2 aliphatic rings. The minimum Gasteiger partial charge on any atom is -0.383 e. The van der Waals surface area contributed by atoms with E-state index in [-0.39, 0.29) is 17.8 Å². The molecular weight excluding hydrogens is 378 g/mol. The lowest BCUT2D eigenvalue weighted by molar-refractivity contribution is -0.150. The molecule has 1 saturated carbocycles. The molecule has 3 N–H and O–H groups in total. The lowest BCUT2D eigenvalue weighted by atomic mass is 9.96. The topological polar surface area (TPSA) is 104 Å². The summed E-state index contributed by atoms with van der Waals surface area (Å²) in [5.41, 5.74) is 6.55. The molecule has 1 saturated heterocycles. The first-order chi connectivity index (χ1) is 13.3. The van der Waals surface area contributed by atoms with Crippen molar-refractivity contribution in [2.75, 3.05) is 12.9 Å². The number of carbonyl (C=O) groups is 3. The summed E-state index contributed by atoms with van der Waals surface area (Å²) in [4.78, 5) is 41.0. The van der Waals surface area contributed by atoms with Crippen LogP contribution in [-0.4, -0.2) is 68.5 Å². The first-order valence-corrected chi connectivity index (χ1v) is 10.3. The Kier molecular flexibility index (Phi) is 6.00. The second kappa shape index (κ2) is 8.13. The van der Waals surface area contributed by atoms with Crippen molar-refractivity contribution in [2.24, 2.45) is 5.73 Å². The number of carbonyl (C=O) groups excluding carboxylic acids is 3.